The van der Waals surface area contributed by atoms with Gasteiger partial charge in [-0.05, 0) is 25.7 Å². The van der Waals surface area contributed by atoms with Gasteiger partial charge in [-0.15, -0.1) is 0 Å². The average molecular weight is 263 g/mol. The smallest absolute Gasteiger partial charge is 0.214 e. The molecule has 100 valence electrons. The Bertz CT molecular complexity index is 342. The van der Waals surface area contributed by atoms with Gasteiger partial charge in [0.05, 0.1) is 17.5 Å². The van der Waals surface area contributed by atoms with Crippen molar-refractivity contribution in [1.29, 1.82) is 0 Å². The summed E-state index contributed by atoms with van der Waals surface area (Å²) >= 11 is 0. The van der Waals surface area contributed by atoms with Gasteiger partial charge in [0.2, 0.25) is 10.0 Å². The number of nitrogens with one attached hydrogen (secondary N) is 1. The second-order valence-electron chi connectivity index (χ2n) is 5.17. The van der Waals surface area contributed by atoms with Gasteiger partial charge in [-0.2, -0.15) is 0 Å². The van der Waals surface area contributed by atoms with E-state index in [9.17, 15) is 13.5 Å². The van der Waals surface area contributed by atoms with Crippen LogP contribution in [0.4, 0.5) is 0 Å². The Labute approximate surface area is 103 Å². The van der Waals surface area contributed by atoms with Gasteiger partial charge in [0.1, 0.15) is 0 Å². The fourth-order valence-electron chi connectivity index (χ4n) is 2.53. The Morgan fingerprint density at radius 2 is 2.00 bits per heavy atom. The van der Waals surface area contributed by atoms with Gasteiger partial charge in [0.25, 0.3) is 0 Å². The highest BCUT2D eigenvalue weighted by molar-refractivity contribution is 7.89. The highest BCUT2D eigenvalue weighted by Crippen LogP contribution is 2.28. The molecule has 1 saturated heterocycles. The normalized spacial score (nSPS) is 28.6. The second kappa shape index (κ2) is 5.22. The highest BCUT2D eigenvalue weighted by atomic mass is 32.2. The third-order valence-electron chi connectivity index (χ3n) is 3.58. The van der Waals surface area contributed by atoms with Crippen molar-refractivity contribution in [3.05, 3.63) is 0 Å². The van der Waals surface area contributed by atoms with Crippen LogP contribution in [-0.2, 0) is 14.8 Å². The van der Waals surface area contributed by atoms with Crippen molar-refractivity contribution >= 4 is 10.0 Å². The van der Waals surface area contributed by atoms with Crippen LogP contribution in [0.5, 0.6) is 0 Å². The first kappa shape index (κ1) is 13.3. The molecule has 17 heavy (non-hydrogen) atoms. The Balaban J connectivity index is 1.80. The minimum atomic E-state index is -3.33. The molecular weight excluding hydrogens is 242 g/mol. The zero-order valence-electron chi connectivity index (χ0n) is 10.0. The van der Waals surface area contributed by atoms with E-state index in [4.69, 9.17) is 4.74 Å². The predicted octanol–water partition coefficient (Wildman–Crippen LogP) is 0.390. The molecule has 0 aromatic rings. The number of aliphatic hydroxyl groups is 1. The van der Waals surface area contributed by atoms with E-state index in [1.54, 1.807) is 0 Å². The van der Waals surface area contributed by atoms with Crippen molar-refractivity contribution in [2.45, 2.75) is 50.2 Å². The third-order valence-corrected chi connectivity index (χ3v) is 4.98. The molecule has 2 aliphatic rings. The van der Waals surface area contributed by atoms with Gasteiger partial charge >= 0.3 is 0 Å². The summed E-state index contributed by atoms with van der Waals surface area (Å²) in [5.41, 5.74) is -0.830. The van der Waals surface area contributed by atoms with E-state index in [0.29, 0.717) is 19.4 Å². The summed E-state index contributed by atoms with van der Waals surface area (Å²) in [4.78, 5) is 0. The molecule has 5 nitrogen and oxygen atoms in total. The molecule has 0 amide bonds. The molecule has 1 saturated carbocycles. The van der Waals surface area contributed by atoms with Crippen LogP contribution in [0.1, 0.15) is 38.5 Å². The summed E-state index contributed by atoms with van der Waals surface area (Å²) in [5.74, 6) is 0.0169. The molecule has 0 radical (unpaired) electrons. The van der Waals surface area contributed by atoms with Crippen molar-refractivity contribution in [3.63, 3.8) is 0 Å². The van der Waals surface area contributed by atoms with Gasteiger partial charge in [-0.25, -0.2) is 13.1 Å². The zero-order valence-corrected chi connectivity index (χ0v) is 10.8. The summed E-state index contributed by atoms with van der Waals surface area (Å²) in [6.07, 6.45) is 4.90. The van der Waals surface area contributed by atoms with Crippen LogP contribution in [0.3, 0.4) is 0 Å². The molecule has 1 atom stereocenters. The Kier molecular flexibility index (Phi) is 4.07. The molecule has 2 rings (SSSR count). The van der Waals surface area contributed by atoms with Crippen LogP contribution in [0.2, 0.25) is 0 Å². The quantitative estimate of drug-likeness (QED) is 0.752. The van der Waals surface area contributed by atoms with Crippen molar-refractivity contribution in [2.24, 2.45) is 0 Å². The van der Waals surface area contributed by atoms with E-state index in [1.165, 1.54) is 0 Å². The van der Waals surface area contributed by atoms with Crippen molar-refractivity contribution in [1.82, 2.24) is 4.72 Å². The largest absolute Gasteiger partial charge is 0.389 e. The molecule has 0 bridgehead atoms. The Morgan fingerprint density at radius 3 is 2.59 bits per heavy atom. The molecule has 0 aromatic heterocycles. The summed E-state index contributed by atoms with van der Waals surface area (Å²) < 4.78 is 31.4. The summed E-state index contributed by atoms with van der Waals surface area (Å²) in [6.45, 7) is 0.798. The van der Waals surface area contributed by atoms with Crippen LogP contribution < -0.4 is 4.72 Å². The minimum absolute atomic E-state index is 0.0169. The fraction of sp³-hybridized carbons (Fsp3) is 1.00. The van der Waals surface area contributed by atoms with Crippen LogP contribution in [-0.4, -0.2) is 44.1 Å². The van der Waals surface area contributed by atoms with Gasteiger partial charge in [-0.3, -0.25) is 0 Å². The molecule has 0 spiro atoms. The summed E-state index contributed by atoms with van der Waals surface area (Å²) in [6, 6.07) is 0. The lowest BCUT2D eigenvalue weighted by Crippen LogP contribution is -2.43. The lowest BCUT2D eigenvalue weighted by Gasteiger charge is -2.22. The lowest BCUT2D eigenvalue weighted by atomic mass is 10.0. The van der Waals surface area contributed by atoms with Crippen molar-refractivity contribution < 1.29 is 18.3 Å². The maximum atomic E-state index is 11.8. The van der Waals surface area contributed by atoms with E-state index in [0.717, 1.165) is 25.7 Å². The van der Waals surface area contributed by atoms with E-state index in [1.807, 2.05) is 0 Å². The second-order valence-corrected chi connectivity index (χ2v) is 7.02. The molecule has 1 heterocycles. The first-order valence-electron chi connectivity index (χ1n) is 6.30. The standard InChI is InChI=1S/C11H21NO4S/c13-11(5-1-2-6-11)9-12-17(14,15)8-10-4-3-7-16-10/h10,12-13H,1-9H2. The molecular formula is C11H21NO4S. The van der Waals surface area contributed by atoms with E-state index in [-0.39, 0.29) is 18.4 Å². The van der Waals surface area contributed by atoms with E-state index < -0.39 is 15.6 Å². The average Bonchev–Trinajstić information content (AvgIpc) is 2.88. The first-order valence-corrected chi connectivity index (χ1v) is 7.96. The Hall–Kier alpha value is -0.170. The minimum Gasteiger partial charge on any atom is -0.389 e. The van der Waals surface area contributed by atoms with Gasteiger partial charge in [0.15, 0.2) is 0 Å². The highest BCUT2D eigenvalue weighted by Gasteiger charge is 2.33. The molecule has 6 heteroatoms. The number of rotatable bonds is 5. The summed E-state index contributed by atoms with van der Waals surface area (Å²) in [7, 11) is -3.33. The molecule has 1 unspecified atom stereocenters. The molecule has 1 aliphatic carbocycles. The fourth-order valence-corrected chi connectivity index (χ4v) is 3.89. The van der Waals surface area contributed by atoms with Gasteiger partial charge in [-0.1, -0.05) is 12.8 Å². The Morgan fingerprint density at radius 1 is 1.29 bits per heavy atom. The maximum Gasteiger partial charge on any atom is 0.214 e. The molecule has 1 aliphatic heterocycles. The van der Waals surface area contributed by atoms with Crippen LogP contribution >= 0.6 is 0 Å². The van der Waals surface area contributed by atoms with Crippen molar-refractivity contribution in [3.8, 4) is 0 Å². The third kappa shape index (κ3) is 3.91. The zero-order chi connectivity index (χ0) is 12.4. The number of ether oxygens (including phenoxy) is 1. The van der Waals surface area contributed by atoms with Crippen molar-refractivity contribution in [2.75, 3.05) is 18.9 Å². The topological polar surface area (TPSA) is 75.6 Å². The lowest BCUT2D eigenvalue weighted by molar-refractivity contribution is 0.0530. The van der Waals surface area contributed by atoms with Crippen LogP contribution in [0, 0.1) is 0 Å². The maximum absolute atomic E-state index is 11.8. The number of sulfonamides is 1. The molecule has 2 N–H and O–H groups in total. The number of hydrogen-bond acceptors (Lipinski definition) is 4. The monoisotopic (exact) mass is 263 g/mol. The van der Waals surface area contributed by atoms with Crippen LogP contribution in [0.15, 0.2) is 0 Å². The molecule has 0 aromatic carbocycles. The number of hydrogen-bond donors (Lipinski definition) is 2. The summed E-state index contributed by atoms with van der Waals surface area (Å²) in [5, 5.41) is 10.1. The SMILES string of the molecule is O=S(=O)(CC1CCCO1)NCC1(O)CCCC1. The first-order chi connectivity index (χ1) is 7.99. The molecule has 2 fully saturated rings. The van der Waals surface area contributed by atoms with Gasteiger partial charge in [0, 0.05) is 13.2 Å². The van der Waals surface area contributed by atoms with E-state index in [2.05, 4.69) is 4.72 Å². The predicted molar refractivity (Wildman–Crippen MR) is 64.2 cm³/mol. The van der Waals surface area contributed by atoms with Gasteiger partial charge < -0.3 is 9.84 Å². The van der Waals surface area contributed by atoms with E-state index >= 15 is 0 Å². The van der Waals surface area contributed by atoms with Crippen LogP contribution in [0.25, 0.3) is 0 Å².